The molecule has 0 saturated heterocycles. The van der Waals surface area contributed by atoms with Gasteiger partial charge in [0.05, 0.1) is 6.20 Å². The van der Waals surface area contributed by atoms with Crippen molar-refractivity contribution in [2.75, 3.05) is 6.54 Å². The lowest BCUT2D eigenvalue weighted by Crippen LogP contribution is -2.29. The average molecular weight is 223 g/mol. The molecular formula is C10H13N3OS. The third kappa shape index (κ3) is 2.86. The lowest BCUT2D eigenvalue weighted by atomic mass is 9.94. The molecule has 1 atom stereocenters. The number of hydrogen-bond acceptors (Lipinski definition) is 4. The van der Waals surface area contributed by atoms with Gasteiger partial charge in [0.15, 0.2) is 0 Å². The zero-order valence-electron chi connectivity index (χ0n) is 8.35. The highest BCUT2D eigenvalue weighted by molar-refractivity contribution is 7.07. The maximum absolute atomic E-state index is 11.5. The molecule has 15 heavy (non-hydrogen) atoms. The third-order valence-electron chi connectivity index (χ3n) is 2.51. The van der Waals surface area contributed by atoms with E-state index >= 15 is 0 Å². The normalized spacial score (nSPS) is 20.1. The average Bonchev–Trinajstić information content (AvgIpc) is 2.81. The molecule has 1 N–H and O–H groups in total. The van der Waals surface area contributed by atoms with Gasteiger partial charge in [-0.3, -0.25) is 4.79 Å². The van der Waals surface area contributed by atoms with Crippen LogP contribution in [0, 0.1) is 5.92 Å². The first-order valence-corrected chi connectivity index (χ1v) is 5.84. The van der Waals surface area contributed by atoms with Crippen LogP contribution in [0.25, 0.3) is 0 Å². The molecule has 0 radical (unpaired) electrons. The van der Waals surface area contributed by atoms with Gasteiger partial charge in [0.1, 0.15) is 4.88 Å². The Balaban J connectivity index is 1.78. The molecule has 1 aromatic rings. The van der Waals surface area contributed by atoms with Gasteiger partial charge >= 0.3 is 0 Å². The van der Waals surface area contributed by atoms with Crippen molar-refractivity contribution in [1.82, 2.24) is 14.9 Å². The van der Waals surface area contributed by atoms with E-state index in [2.05, 4.69) is 27.1 Å². The SMILES string of the molecule is O=C(NCC1CC=CCC1)c1cnns1. The highest BCUT2D eigenvalue weighted by Gasteiger charge is 2.13. The van der Waals surface area contributed by atoms with Crippen LogP contribution >= 0.6 is 11.5 Å². The molecule has 80 valence electrons. The van der Waals surface area contributed by atoms with Crippen molar-refractivity contribution in [3.05, 3.63) is 23.2 Å². The largest absolute Gasteiger partial charge is 0.351 e. The van der Waals surface area contributed by atoms with E-state index in [0.717, 1.165) is 37.3 Å². The lowest BCUT2D eigenvalue weighted by Gasteiger charge is -2.17. The molecule has 1 heterocycles. The Labute approximate surface area is 92.6 Å². The number of carbonyl (C=O) groups excluding carboxylic acids is 1. The van der Waals surface area contributed by atoms with E-state index in [-0.39, 0.29) is 5.91 Å². The number of carbonyl (C=O) groups is 1. The van der Waals surface area contributed by atoms with Crippen molar-refractivity contribution < 1.29 is 4.79 Å². The maximum atomic E-state index is 11.5. The Morgan fingerprint density at radius 2 is 2.53 bits per heavy atom. The Morgan fingerprint density at radius 3 is 3.20 bits per heavy atom. The molecule has 1 aliphatic rings. The summed E-state index contributed by atoms with van der Waals surface area (Å²) in [4.78, 5) is 12.1. The van der Waals surface area contributed by atoms with Gasteiger partial charge in [-0.05, 0) is 36.7 Å². The van der Waals surface area contributed by atoms with Crippen LogP contribution in [0.3, 0.4) is 0 Å². The van der Waals surface area contributed by atoms with Crippen LogP contribution in [0.5, 0.6) is 0 Å². The Bertz CT molecular complexity index is 348. The van der Waals surface area contributed by atoms with Crippen molar-refractivity contribution in [2.45, 2.75) is 19.3 Å². The molecule has 0 aliphatic heterocycles. The van der Waals surface area contributed by atoms with Crippen LogP contribution in [0.4, 0.5) is 0 Å². The van der Waals surface area contributed by atoms with E-state index in [9.17, 15) is 4.79 Å². The molecule has 0 aromatic carbocycles. The standard InChI is InChI=1S/C10H13N3OS/c14-10(9-7-12-13-15-9)11-6-8-4-2-1-3-5-8/h1-2,7-8H,3-6H2,(H,11,14). The maximum Gasteiger partial charge on any atom is 0.264 e. The molecule has 0 saturated carbocycles. The summed E-state index contributed by atoms with van der Waals surface area (Å²) >= 11 is 1.13. The second kappa shape index (κ2) is 5.02. The molecule has 1 aliphatic carbocycles. The minimum absolute atomic E-state index is 0.0560. The summed E-state index contributed by atoms with van der Waals surface area (Å²) in [7, 11) is 0. The number of nitrogens with zero attached hydrogens (tertiary/aromatic N) is 2. The van der Waals surface area contributed by atoms with Crippen LogP contribution in [0.15, 0.2) is 18.3 Å². The number of aromatic nitrogens is 2. The van der Waals surface area contributed by atoms with Gasteiger partial charge in [-0.1, -0.05) is 16.6 Å². The number of rotatable bonds is 3. The van der Waals surface area contributed by atoms with Gasteiger partial charge in [-0.25, -0.2) is 0 Å². The number of nitrogens with one attached hydrogen (secondary N) is 1. The summed E-state index contributed by atoms with van der Waals surface area (Å²) in [5.74, 6) is 0.527. The topological polar surface area (TPSA) is 54.9 Å². The van der Waals surface area contributed by atoms with Gasteiger partial charge in [0.2, 0.25) is 0 Å². The monoisotopic (exact) mass is 223 g/mol. The Morgan fingerprint density at radius 1 is 1.60 bits per heavy atom. The highest BCUT2D eigenvalue weighted by Crippen LogP contribution is 2.17. The molecule has 2 rings (SSSR count). The summed E-state index contributed by atoms with van der Waals surface area (Å²) in [6.07, 6.45) is 9.25. The highest BCUT2D eigenvalue weighted by atomic mass is 32.1. The molecule has 0 fully saturated rings. The van der Waals surface area contributed by atoms with E-state index in [1.165, 1.54) is 6.20 Å². The first kappa shape index (κ1) is 10.3. The number of hydrogen-bond donors (Lipinski definition) is 1. The van der Waals surface area contributed by atoms with Gasteiger partial charge in [0.25, 0.3) is 5.91 Å². The quantitative estimate of drug-likeness (QED) is 0.792. The van der Waals surface area contributed by atoms with Gasteiger partial charge in [0, 0.05) is 6.54 Å². The van der Waals surface area contributed by atoms with Crippen LogP contribution in [-0.2, 0) is 0 Å². The number of amides is 1. The van der Waals surface area contributed by atoms with E-state index in [0.29, 0.717) is 10.8 Å². The molecule has 4 nitrogen and oxygen atoms in total. The first-order valence-electron chi connectivity index (χ1n) is 5.07. The van der Waals surface area contributed by atoms with E-state index in [1.807, 2.05) is 0 Å². The predicted octanol–water partition coefficient (Wildman–Crippen LogP) is 1.62. The fourth-order valence-electron chi connectivity index (χ4n) is 1.63. The minimum atomic E-state index is -0.0560. The smallest absolute Gasteiger partial charge is 0.264 e. The van der Waals surface area contributed by atoms with Crippen molar-refractivity contribution in [1.29, 1.82) is 0 Å². The summed E-state index contributed by atoms with van der Waals surface area (Å²) in [5.41, 5.74) is 0. The van der Waals surface area contributed by atoms with Gasteiger partial charge < -0.3 is 5.32 Å². The molecule has 1 unspecified atom stereocenters. The van der Waals surface area contributed by atoms with Gasteiger partial charge in [-0.15, -0.1) is 5.10 Å². The minimum Gasteiger partial charge on any atom is -0.351 e. The molecule has 5 heteroatoms. The molecule has 0 bridgehead atoms. The molecule has 0 spiro atoms. The molecular weight excluding hydrogens is 210 g/mol. The summed E-state index contributed by atoms with van der Waals surface area (Å²) in [5, 5.41) is 6.55. The van der Waals surface area contributed by atoms with Crippen molar-refractivity contribution in [3.63, 3.8) is 0 Å². The van der Waals surface area contributed by atoms with Crippen molar-refractivity contribution in [2.24, 2.45) is 5.92 Å². The van der Waals surface area contributed by atoms with E-state index < -0.39 is 0 Å². The van der Waals surface area contributed by atoms with Crippen molar-refractivity contribution >= 4 is 17.4 Å². The fraction of sp³-hybridized carbons (Fsp3) is 0.500. The second-order valence-corrected chi connectivity index (χ2v) is 4.43. The van der Waals surface area contributed by atoms with Crippen molar-refractivity contribution in [3.8, 4) is 0 Å². The van der Waals surface area contributed by atoms with Gasteiger partial charge in [-0.2, -0.15) is 0 Å². The van der Waals surface area contributed by atoms with Crippen LogP contribution in [0.1, 0.15) is 28.9 Å². The lowest BCUT2D eigenvalue weighted by molar-refractivity contribution is 0.0950. The summed E-state index contributed by atoms with van der Waals surface area (Å²) in [6, 6.07) is 0. The Hall–Kier alpha value is -1.23. The van der Waals surface area contributed by atoms with E-state index in [4.69, 9.17) is 0 Å². The second-order valence-electron chi connectivity index (χ2n) is 3.64. The molecule has 1 amide bonds. The Kier molecular flexibility index (Phi) is 3.45. The first-order chi connectivity index (χ1) is 7.36. The zero-order chi connectivity index (χ0) is 10.5. The summed E-state index contributed by atoms with van der Waals surface area (Å²) < 4.78 is 3.66. The summed E-state index contributed by atoms with van der Waals surface area (Å²) in [6.45, 7) is 0.751. The zero-order valence-corrected chi connectivity index (χ0v) is 9.17. The van der Waals surface area contributed by atoms with Crippen LogP contribution < -0.4 is 5.32 Å². The van der Waals surface area contributed by atoms with E-state index in [1.54, 1.807) is 0 Å². The fourth-order valence-corrected chi connectivity index (χ4v) is 2.06. The molecule has 1 aromatic heterocycles. The predicted molar refractivity (Wildman–Crippen MR) is 58.7 cm³/mol. The third-order valence-corrected chi connectivity index (χ3v) is 3.18. The number of allylic oxidation sites excluding steroid dienone is 2. The van der Waals surface area contributed by atoms with Crippen LogP contribution in [-0.4, -0.2) is 22.0 Å². The van der Waals surface area contributed by atoms with Crippen LogP contribution in [0.2, 0.25) is 0 Å².